The summed E-state index contributed by atoms with van der Waals surface area (Å²) in [6.45, 7) is 2.82. The Morgan fingerprint density at radius 3 is 2.62 bits per heavy atom. The Morgan fingerprint density at radius 2 is 1.84 bits per heavy atom. The van der Waals surface area contributed by atoms with Gasteiger partial charge in [0.25, 0.3) is 5.91 Å². The van der Waals surface area contributed by atoms with Crippen LogP contribution < -0.4 is 14.8 Å². The van der Waals surface area contributed by atoms with Crippen LogP contribution in [0.1, 0.15) is 23.6 Å². The van der Waals surface area contributed by atoms with E-state index in [1.54, 1.807) is 18.2 Å². The summed E-state index contributed by atoms with van der Waals surface area (Å²) >= 11 is 12.7. The van der Waals surface area contributed by atoms with Crippen LogP contribution in [0.25, 0.3) is 17.0 Å². The Bertz CT molecular complexity index is 1490. The van der Waals surface area contributed by atoms with E-state index in [1.165, 1.54) is 6.08 Å². The molecule has 1 aromatic heterocycles. The van der Waals surface area contributed by atoms with Crippen molar-refractivity contribution in [2.45, 2.75) is 20.0 Å². The number of hydrogen-bond donors (Lipinski definition) is 2. The van der Waals surface area contributed by atoms with E-state index in [2.05, 4.69) is 10.3 Å². The third-order valence-electron chi connectivity index (χ3n) is 5.69. The number of hydrogen-bond acceptors (Lipinski definition) is 4. The van der Waals surface area contributed by atoms with Gasteiger partial charge in [0.1, 0.15) is 18.2 Å². The van der Waals surface area contributed by atoms with Gasteiger partial charge in [-0.1, -0.05) is 59.6 Å². The summed E-state index contributed by atoms with van der Waals surface area (Å²) < 4.78 is 11.7. The van der Waals surface area contributed by atoms with Crippen LogP contribution in [-0.2, 0) is 17.8 Å². The van der Waals surface area contributed by atoms with Gasteiger partial charge in [0, 0.05) is 34.2 Å². The summed E-state index contributed by atoms with van der Waals surface area (Å²) in [5.74, 6) is 0.308. The largest absolute Gasteiger partial charge is 0.490 e. The van der Waals surface area contributed by atoms with Crippen LogP contribution in [0.15, 0.2) is 72.4 Å². The number of H-pyrrole nitrogens is 1. The van der Waals surface area contributed by atoms with Crippen molar-refractivity contribution >= 4 is 46.1 Å². The van der Waals surface area contributed by atoms with Gasteiger partial charge in [-0.05, 0) is 54.8 Å². The van der Waals surface area contributed by atoms with Crippen LogP contribution in [0, 0.1) is 11.3 Å². The number of aromatic amines is 1. The molecule has 0 fully saturated rings. The average molecular weight is 534 g/mol. The number of benzene rings is 3. The molecule has 37 heavy (non-hydrogen) atoms. The van der Waals surface area contributed by atoms with Crippen LogP contribution in [0.3, 0.4) is 0 Å². The van der Waals surface area contributed by atoms with Crippen LogP contribution >= 0.6 is 23.2 Å². The molecule has 1 amide bonds. The van der Waals surface area contributed by atoms with Gasteiger partial charge in [0.05, 0.1) is 11.6 Å². The summed E-state index contributed by atoms with van der Waals surface area (Å²) in [6.07, 6.45) is 4.05. The predicted molar refractivity (Wildman–Crippen MR) is 147 cm³/mol. The maximum absolute atomic E-state index is 12.7. The van der Waals surface area contributed by atoms with Crippen molar-refractivity contribution in [3.63, 3.8) is 0 Å². The standard InChI is InChI=1S/C29H25Cl2N3O3/c1-2-36-27-15-19(14-25(31)28(27)37-18-21-7-3-5-9-24(21)30)13-22(16-32)29(35)33-12-11-20-17-34-26-10-6-4-8-23(20)26/h3-10,13-15,17,34H,2,11-12,18H2,1H3,(H,33,35)/b22-13-. The number of fused-ring (bicyclic) bond motifs is 1. The molecular formula is C29H25Cl2N3O3. The van der Waals surface area contributed by atoms with Crippen molar-refractivity contribution in [1.82, 2.24) is 10.3 Å². The molecule has 0 spiro atoms. The number of carbonyl (C=O) groups is 1. The lowest BCUT2D eigenvalue weighted by Gasteiger charge is -2.15. The van der Waals surface area contributed by atoms with Crippen molar-refractivity contribution in [2.75, 3.05) is 13.2 Å². The molecule has 0 unspecified atom stereocenters. The maximum Gasteiger partial charge on any atom is 0.261 e. The maximum atomic E-state index is 12.7. The van der Waals surface area contributed by atoms with Gasteiger partial charge < -0.3 is 19.8 Å². The highest BCUT2D eigenvalue weighted by Gasteiger charge is 2.15. The normalized spacial score (nSPS) is 11.2. The van der Waals surface area contributed by atoms with Gasteiger partial charge in [-0.2, -0.15) is 5.26 Å². The minimum atomic E-state index is -0.463. The van der Waals surface area contributed by atoms with Crippen LogP contribution in [0.4, 0.5) is 0 Å². The molecule has 6 nitrogen and oxygen atoms in total. The highest BCUT2D eigenvalue weighted by Crippen LogP contribution is 2.38. The summed E-state index contributed by atoms with van der Waals surface area (Å²) in [5, 5.41) is 14.4. The fourth-order valence-corrected chi connectivity index (χ4v) is 4.36. The minimum Gasteiger partial charge on any atom is -0.490 e. The molecule has 0 aliphatic carbocycles. The van der Waals surface area contributed by atoms with E-state index in [-0.39, 0.29) is 12.2 Å². The summed E-state index contributed by atoms with van der Waals surface area (Å²) in [4.78, 5) is 15.9. The minimum absolute atomic E-state index is 0.0397. The Labute approximate surface area is 225 Å². The molecule has 1 heterocycles. The molecule has 8 heteroatoms. The quantitative estimate of drug-likeness (QED) is 0.175. The molecule has 2 N–H and O–H groups in total. The number of halogens is 2. The van der Waals surface area contributed by atoms with E-state index < -0.39 is 5.91 Å². The number of para-hydroxylation sites is 1. The Hall–Kier alpha value is -3.92. The van der Waals surface area contributed by atoms with Gasteiger partial charge in [-0.15, -0.1) is 0 Å². The smallest absolute Gasteiger partial charge is 0.261 e. The Balaban J connectivity index is 1.46. The van der Waals surface area contributed by atoms with E-state index in [9.17, 15) is 10.1 Å². The number of amides is 1. The molecule has 0 atom stereocenters. The average Bonchev–Trinajstić information content (AvgIpc) is 3.31. The summed E-state index contributed by atoms with van der Waals surface area (Å²) in [7, 11) is 0. The second-order valence-electron chi connectivity index (χ2n) is 8.18. The fraction of sp³-hybridized carbons (Fsp3) is 0.172. The van der Waals surface area contributed by atoms with E-state index in [0.29, 0.717) is 46.7 Å². The molecule has 0 aliphatic heterocycles. The predicted octanol–water partition coefficient (Wildman–Crippen LogP) is 6.72. The van der Waals surface area contributed by atoms with E-state index >= 15 is 0 Å². The Morgan fingerprint density at radius 1 is 1.05 bits per heavy atom. The number of ether oxygens (including phenoxy) is 2. The molecule has 0 saturated heterocycles. The SMILES string of the molecule is CCOc1cc(/C=C(/C#N)C(=O)NCCc2c[nH]c3ccccc23)cc(Cl)c1OCc1ccccc1Cl. The third kappa shape index (κ3) is 6.45. The van der Waals surface area contributed by atoms with Crippen molar-refractivity contribution < 1.29 is 14.3 Å². The first kappa shape index (κ1) is 26.2. The van der Waals surface area contributed by atoms with E-state index in [4.69, 9.17) is 32.7 Å². The zero-order valence-corrected chi connectivity index (χ0v) is 21.7. The molecule has 4 rings (SSSR count). The monoisotopic (exact) mass is 533 g/mol. The molecule has 3 aromatic carbocycles. The van der Waals surface area contributed by atoms with Crippen LogP contribution in [-0.4, -0.2) is 24.0 Å². The zero-order chi connectivity index (χ0) is 26.2. The third-order valence-corrected chi connectivity index (χ3v) is 6.34. The molecule has 4 aromatic rings. The van der Waals surface area contributed by atoms with Gasteiger partial charge in [-0.3, -0.25) is 4.79 Å². The number of nitriles is 1. The van der Waals surface area contributed by atoms with Crippen LogP contribution in [0.2, 0.25) is 10.0 Å². The molecule has 0 bridgehead atoms. The zero-order valence-electron chi connectivity index (χ0n) is 20.2. The van der Waals surface area contributed by atoms with Crippen molar-refractivity contribution in [3.05, 3.63) is 99.2 Å². The summed E-state index contributed by atoms with van der Waals surface area (Å²) in [6, 6.07) is 20.6. The van der Waals surface area contributed by atoms with Gasteiger partial charge >= 0.3 is 0 Å². The van der Waals surface area contributed by atoms with Gasteiger partial charge in [0.2, 0.25) is 0 Å². The number of nitrogens with zero attached hydrogens (tertiary/aromatic N) is 1. The number of carbonyl (C=O) groups excluding carboxylic acids is 1. The first-order valence-corrected chi connectivity index (χ1v) is 12.5. The van der Waals surface area contributed by atoms with Gasteiger partial charge in [-0.25, -0.2) is 0 Å². The molecule has 188 valence electrons. The highest BCUT2D eigenvalue weighted by molar-refractivity contribution is 6.32. The Kier molecular flexibility index (Phi) is 8.73. The molecular weight excluding hydrogens is 509 g/mol. The molecule has 0 radical (unpaired) electrons. The lowest BCUT2D eigenvalue weighted by molar-refractivity contribution is -0.117. The second-order valence-corrected chi connectivity index (χ2v) is 8.99. The van der Waals surface area contributed by atoms with Crippen LogP contribution in [0.5, 0.6) is 11.5 Å². The second kappa shape index (κ2) is 12.4. The molecule has 0 aliphatic rings. The topological polar surface area (TPSA) is 87.1 Å². The fourth-order valence-electron chi connectivity index (χ4n) is 3.90. The summed E-state index contributed by atoms with van der Waals surface area (Å²) in [5.41, 5.74) is 3.45. The van der Waals surface area contributed by atoms with Gasteiger partial charge in [0.15, 0.2) is 11.5 Å². The highest BCUT2D eigenvalue weighted by atomic mass is 35.5. The molecule has 0 saturated carbocycles. The van der Waals surface area contributed by atoms with E-state index in [1.807, 2.05) is 61.7 Å². The van der Waals surface area contributed by atoms with Crippen molar-refractivity contribution in [2.24, 2.45) is 0 Å². The number of rotatable bonds is 10. The lowest BCUT2D eigenvalue weighted by Crippen LogP contribution is -2.26. The lowest BCUT2D eigenvalue weighted by atomic mass is 10.1. The van der Waals surface area contributed by atoms with Crippen molar-refractivity contribution in [3.8, 4) is 17.6 Å². The van der Waals surface area contributed by atoms with Crippen molar-refractivity contribution in [1.29, 1.82) is 5.26 Å². The number of aromatic nitrogens is 1. The number of nitrogens with one attached hydrogen (secondary N) is 2. The first-order valence-electron chi connectivity index (χ1n) is 11.8. The first-order chi connectivity index (χ1) is 18.0. The van der Waals surface area contributed by atoms with E-state index in [0.717, 1.165) is 22.0 Å².